The molecule has 9 nitrogen and oxygen atoms in total. The lowest BCUT2D eigenvalue weighted by Crippen LogP contribution is -2.30. The van der Waals surface area contributed by atoms with E-state index in [-0.39, 0.29) is 24.0 Å². The van der Waals surface area contributed by atoms with Gasteiger partial charge in [-0.2, -0.15) is 0 Å². The third kappa shape index (κ3) is 5.29. The normalized spacial score (nSPS) is 10.9. The Labute approximate surface area is 143 Å². The molecule has 0 unspecified atom stereocenters. The minimum Gasteiger partial charge on any atom is -0.465 e. The van der Waals surface area contributed by atoms with Crippen LogP contribution in [0.15, 0.2) is 53.7 Å². The van der Waals surface area contributed by atoms with Crippen LogP contribution >= 0.6 is 0 Å². The molecule has 0 radical (unpaired) electrons. The van der Waals surface area contributed by atoms with E-state index in [2.05, 4.69) is 15.5 Å². The van der Waals surface area contributed by atoms with E-state index >= 15 is 0 Å². The smallest absolute Gasteiger partial charge is 0.410 e. The molecule has 1 aromatic heterocycles. The minimum absolute atomic E-state index is 0.0338. The Bertz CT molecular complexity index is 777. The predicted octanol–water partition coefficient (Wildman–Crippen LogP) is 2.39. The minimum atomic E-state index is -1.21. The number of nitrogens with zero attached hydrogens (tertiary/aromatic N) is 3. The molecule has 1 aromatic carbocycles. The van der Waals surface area contributed by atoms with Crippen LogP contribution in [0, 0.1) is 5.41 Å². The molecule has 130 valence electrons. The molecule has 0 bridgehead atoms. The summed E-state index contributed by atoms with van der Waals surface area (Å²) in [5.74, 6) is -0.0656. The van der Waals surface area contributed by atoms with E-state index < -0.39 is 6.09 Å². The summed E-state index contributed by atoms with van der Waals surface area (Å²) >= 11 is 0. The van der Waals surface area contributed by atoms with E-state index in [4.69, 9.17) is 15.4 Å². The molecule has 2 rings (SSSR count). The lowest BCUT2D eigenvalue weighted by molar-refractivity contribution is 0.0148. The monoisotopic (exact) mass is 343 g/mol. The molecule has 1 heterocycles. The van der Waals surface area contributed by atoms with Crippen molar-refractivity contribution in [2.75, 3.05) is 12.4 Å². The van der Waals surface area contributed by atoms with Crippen molar-refractivity contribution in [1.82, 2.24) is 10.0 Å². The van der Waals surface area contributed by atoms with Gasteiger partial charge in [-0.25, -0.2) is 14.8 Å². The predicted molar refractivity (Wildman–Crippen MR) is 90.9 cm³/mol. The molecule has 0 aliphatic heterocycles. The molecule has 0 fully saturated rings. The van der Waals surface area contributed by atoms with Crippen molar-refractivity contribution in [3.63, 3.8) is 0 Å². The number of anilines is 1. The zero-order valence-corrected chi connectivity index (χ0v) is 13.4. The number of hydroxylamine groups is 2. The number of amidine groups is 1. The quantitative estimate of drug-likeness (QED) is 0.362. The SMILES string of the molecule is CN(O)C(=N)C(=NOCc1cccc(NC(=O)O)n1)c1ccccc1. The van der Waals surface area contributed by atoms with Gasteiger partial charge in [0.25, 0.3) is 0 Å². The number of pyridine rings is 1. The molecule has 0 atom stereocenters. The highest BCUT2D eigenvalue weighted by atomic mass is 16.6. The maximum Gasteiger partial charge on any atom is 0.410 e. The number of aromatic nitrogens is 1. The lowest BCUT2D eigenvalue weighted by atomic mass is 10.1. The van der Waals surface area contributed by atoms with Crippen molar-refractivity contribution >= 4 is 23.5 Å². The second kappa shape index (κ2) is 8.41. The van der Waals surface area contributed by atoms with Gasteiger partial charge in [-0.3, -0.25) is 15.9 Å². The number of carboxylic acid groups (broad SMARTS) is 1. The summed E-state index contributed by atoms with van der Waals surface area (Å²) in [4.78, 5) is 19.9. The number of nitrogens with one attached hydrogen (secondary N) is 2. The zero-order valence-electron chi connectivity index (χ0n) is 13.4. The number of carbonyl (C=O) groups is 1. The molecule has 4 N–H and O–H groups in total. The van der Waals surface area contributed by atoms with Crippen LogP contribution in [-0.2, 0) is 11.4 Å². The highest BCUT2D eigenvalue weighted by Gasteiger charge is 2.14. The third-order valence-electron chi connectivity index (χ3n) is 3.01. The fourth-order valence-corrected chi connectivity index (χ4v) is 1.88. The van der Waals surface area contributed by atoms with E-state index in [1.165, 1.54) is 13.1 Å². The topological polar surface area (TPSA) is 131 Å². The molecule has 0 saturated heterocycles. The number of benzene rings is 1. The van der Waals surface area contributed by atoms with Gasteiger partial charge in [0.2, 0.25) is 0 Å². The second-order valence-corrected chi connectivity index (χ2v) is 4.90. The molecule has 2 aromatic rings. The summed E-state index contributed by atoms with van der Waals surface area (Å²) in [6.45, 7) is -0.0338. The molecule has 0 saturated carbocycles. The maximum absolute atomic E-state index is 10.6. The number of hydrogen-bond acceptors (Lipinski definition) is 6. The van der Waals surface area contributed by atoms with E-state index in [0.29, 0.717) is 16.3 Å². The molecule has 9 heteroatoms. The van der Waals surface area contributed by atoms with Gasteiger partial charge in [-0.1, -0.05) is 41.6 Å². The molecule has 0 aliphatic carbocycles. The van der Waals surface area contributed by atoms with Gasteiger partial charge in [0.05, 0.1) is 5.69 Å². The number of amides is 1. The van der Waals surface area contributed by atoms with Gasteiger partial charge in [0.1, 0.15) is 5.82 Å². The van der Waals surface area contributed by atoms with Gasteiger partial charge >= 0.3 is 6.09 Å². The average molecular weight is 343 g/mol. The van der Waals surface area contributed by atoms with Crippen molar-refractivity contribution in [3.05, 3.63) is 59.8 Å². The first kappa shape index (κ1) is 17.9. The summed E-state index contributed by atoms with van der Waals surface area (Å²) in [6, 6.07) is 13.6. The summed E-state index contributed by atoms with van der Waals surface area (Å²) < 4.78 is 0. The summed E-state index contributed by atoms with van der Waals surface area (Å²) in [6.07, 6.45) is -1.21. The van der Waals surface area contributed by atoms with E-state index in [1.807, 2.05) is 6.07 Å². The molecule has 0 spiro atoms. The van der Waals surface area contributed by atoms with Crippen LogP contribution in [-0.4, -0.2) is 45.0 Å². The molecule has 25 heavy (non-hydrogen) atoms. The average Bonchev–Trinajstić information content (AvgIpc) is 2.58. The van der Waals surface area contributed by atoms with Crippen LogP contribution in [0.4, 0.5) is 10.6 Å². The van der Waals surface area contributed by atoms with Gasteiger partial charge in [-0.05, 0) is 12.1 Å². The van der Waals surface area contributed by atoms with Crippen molar-refractivity contribution in [2.24, 2.45) is 5.16 Å². The van der Waals surface area contributed by atoms with Crippen molar-refractivity contribution in [1.29, 1.82) is 5.41 Å². The van der Waals surface area contributed by atoms with Crippen LogP contribution in [0.3, 0.4) is 0 Å². The summed E-state index contributed by atoms with van der Waals surface area (Å²) in [7, 11) is 1.31. The Hall–Kier alpha value is -3.46. The van der Waals surface area contributed by atoms with Gasteiger partial charge < -0.3 is 9.94 Å². The second-order valence-electron chi connectivity index (χ2n) is 4.90. The van der Waals surface area contributed by atoms with Crippen molar-refractivity contribution in [2.45, 2.75) is 6.61 Å². The van der Waals surface area contributed by atoms with E-state index in [1.54, 1.807) is 36.4 Å². The summed E-state index contributed by atoms with van der Waals surface area (Å²) in [5.41, 5.74) is 1.19. The zero-order chi connectivity index (χ0) is 18.2. The van der Waals surface area contributed by atoms with Crippen molar-refractivity contribution < 1.29 is 19.9 Å². The Morgan fingerprint density at radius 3 is 2.64 bits per heavy atom. The number of hydrogen-bond donors (Lipinski definition) is 4. The fourth-order valence-electron chi connectivity index (χ4n) is 1.88. The Morgan fingerprint density at radius 2 is 2.00 bits per heavy atom. The third-order valence-corrected chi connectivity index (χ3v) is 3.01. The number of likely N-dealkylation sites (N-methyl/N-ethyl adjacent to an activating group) is 1. The lowest BCUT2D eigenvalue weighted by Gasteiger charge is -2.13. The van der Waals surface area contributed by atoms with Crippen LogP contribution in [0.1, 0.15) is 11.3 Å². The van der Waals surface area contributed by atoms with Crippen LogP contribution in [0.25, 0.3) is 0 Å². The van der Waals surface area contributed by atoms with Crippen LogP contribution < -0.4 is 5.32 Å². The van der Waals surface area contributed by atoms with E-state index in [9.17, 15) is 10.0 Å². The number of oxime groups is 1. The molecular formula is C16H17N5O4. The Morgan fingerprint density at radius 1 is 1.28 bits per heavy atom. The van der Waals surface area contributed by atoms with Crippen LogP contribution in [0.5, 0.6) is 0 Å². The van der Waals surface area contributed by atoms with Crippen LogP contribution in [0.2, 0.25) is 0 Å². The number of rotatable bonds is 6. The Kier molecular flexibility index (Phi) is 6.02. The highest BCUT2D eigenvalue weighted by Crippen LogP contribution is 2.08. The van der Waals surface area contributed by atoms with Gasteiger partial charge in [0.15, 0.2) is 18.2 Å². The van der Waals surface area contributed by atoms with Gasteiger partial charge in [0, 0.05) is 12.6 Å². The Balaban J connectivity index is 2.14. The molecule has 0 aliphatic rings. The summed E-state index contributed by atoms with van der Waals surface area (Å²) in [5, 5.41) is 32.8. The fraction of sp³-hybridized carbons (Fsp3) is 0.125. The van der Waals surface area contributed by atoms with Gasteiger partial charge in [-0.15, -0.1) is 0 Å². The van der Waals surface area contributed by atoms with Crippen molar-refractivity contribution in [3.8, 4) is 0 Å². The molecular weight excluding hydrogens is 326 g/mol. The first-order valence-electron chi connectivity index (χ1n) is 7.20. The highest BCUT2D eigenvalue weighted by molar-refractivity contribution is 6.45. The maximum atomic E-state index is 10.6. The van der Waals surface area contributed by atoms with E-state index in [0.717, 1.165) is 0 Å². The molecule has 1 amide bonds. The largest absolute Gasteiger partial charge is 0.465 e. The first-order chi connectivity index (χ1) is 12.0. The first-order valence-corrected chi connectivity index (χ1v) is 7.20. The standard InChI is InChI=1S/C16H17N5O4/c1-21(24)15(17)14(11-6-3-2-4-7-11)20-25-10-12-8-5-9-13(18-12)19-16(22)23/h2-9,17,24H,10H2,1H3,(H,18,19)(H,22,23).